The average molecular weight is 409 g/mol. The molecule has 3 aromatic heterocycles. The van der Waals surface area contributed by atoms with Gasteiger partial charge in [0.15, 0.2) is 0 Å². The Morgan fingerprint density at radius 2 is 2.10 bits per heavy atom. The molecule has 1 unspecified atom stereocenters. The fraction of sp³-hybridized carbons (Fsp3) is 0.350. The number of rotatable bonds is 5. The summed E-state index contributed by atoms with van der Waals surface area (Å²) in [6, 6.07) is 8.04. The number of fused-ring (bicyclic) bond motifs is 1. The Balaban J connectivity index is 1.41. The lowest BCUT2D eigenvalue weighted by Gasteiger charge is -2.32. The lowest BCUT2D eigenvalue weighted by molar-refractivity contribution is 0.181. The largest absolute Gasteiger partial charge is 0.378 e. The molecule has 1 saturated heterocycles. The Hall–Kier alpha value is -3.40. The average Bonchev–Trinajstić information content (AvgIpc) is 3.44. The molecule has 0 radical (unpaired) electrons. The molecule has 4 heterocycles. The van der Waals surface area contributed by atoms with E-state index in [2.05, 4.69) is 30.1 Å². The number of anilines is 1. The number of aromatic nitrogens is 6. The fourth-order valence-electron chi connectivity index (χ4n) is 3.80. The summed E-state index contributed by atoms with van der Waals surface area (Å²) in [4.78, 5) is 15.5. The molecule has 154 valence electrons. The number of methoxy groups -OCH3 is 1. The maximum absolute atomic E-state index is 13.2. The van der Waals surface area contributed by atoms with Gasteiger partial charge in [-0.1, -0.05) is 5.16 Å². The summed E-state index contributed by atoms with van der Waals surface area (Å²) in [5, 5.41) is 8.41. The molecule has 1 aliphatic heterocycles. The Kier molecular flexibility index (Phi) is 4.83. The van der Waals surface area contributed by atoms with Crippen molar-refractivity contribution >= 4 is 11.6 Å². The van der Waals surface area contributed by atoms with Gasteiger partial charge in [0.1, 0.15) is 18.0 Å². The Morgan fingerprint density at radius 1 is 1.23 bits per heavy atom. The van der Waals surface area contributed by atoms with E-state index in [0.717, 1.165) is 36.5 Å². The number of benzene rings is 1. The molecule has 0 aliphatic carbocycles. The van der Waals surface area contributed by atoms with E-state index in [9.17, 15) is 4.39 Å². The highest BCUT2D eigenvalue weighted by Gasteiger charge is 2.28. The molecule has 5 rings (SSSR count). The van der Waals surface area contributed by atoms with Gasteiger partial charge in [0, 0.05) is 31.8 Å². The molecule has 30 heavy (non-hydrogen) atoms. The van der Waals surface area contributed by atoms with Gasteiger partial charge in [-0.05, 0) is 37.1 Å². The molecule has 1 aromatic carbocycles. The Labute approximate surface area is 171 Å². The number of ether oxygens (including phenoxy) is 1. The Morgan fingerprint density at radius 3 is 2.93 bits per heavy atom. The van der Waals surface area contributed by atoms with Gasteiger partial charge in [-0.25, -0.2) is 9.37 Å². The van der Waals surface area contributed by atoms with E-state index in [1.807, 2.05) is 6.07 Å². The lowest BCUT2D eigenvalue weighted by Crippen LogP contribution is -2.36. The van der Waals surface area contributed by atoms with Gasteiger partial charge < -0.3 is 14.2 Å². The summed E-state index contributed by atoms with van der Waals surface area (Å²) in [6.07, 6.45) is 3.41. The van der Waals surface area contributed by atoms with Crippen molar-refractivity contribution in [1.29, 1.82) is 0 Å². The molecule has 0 N–H and O–H groups in total. The van der Waals surface area contributed by atoms with E-state index in [1.165, 1.54) is 18.5 Å². The zero-order valence-electron chi connectivity index (χ0n) is 16.4. The molecule has 0 amide bonds. The van der Waals surface area contributed by atoms with Crippen LogP contribution in [0.5, 0.6) is 0 Å². The number of hydrogen-bond acceptors (Lipinski definition) is 8. The molecule has 0 bridgehead atoms. The molecule has 1 aliphatic rings. The maximum Gasteiger partial charge on any atom is 0.254 e. The summed E-state index contributed by atoms with van der Waals surface area (Å²) in [5.41, 5.74) is 1.52. The minimum atomic E-state index is -0.296. The highest BCUT2D eigenvalue weighted by Crippen LogP contribution is 2.30. The fourth-order valence-corrected chi connectivity index (χ4v) is 3.80. The van der Waals surface area contributed by atoms with E-state index in [-0.39, 0.29) is 11.7 Å². The van der Waals surface area contributed by atoms with Crippen molar-refractivity contribution in [3.63, 3.8) is 0 Å². The highest BCUT2D eigenvalue weighted by molar-refractivity contribution is 5.54. The van der Waals surface area contributed by atoms with Crippen molar-refractivity contribution in [2.24, 2.45) is 0 Å². The van der Waals surface area contributed by atoms with Crippen molar-refractivity contribution < 1.29 is 13.7 Å². The first-order chi connectivity index (χ1) is 14.7. The van der Waals surface area contributed by atoms with E-state index in [1.54, 1.807) is 23.8 Å². The van der Waals surface area contributed by atoms with Crippen molar-refractivity contribution in [3.8, 4) is 11.4 Å². The summed E-state index contributed by atoms with van der Waals surface area (Å²) >= 11 is 0. The summed E-state index contributed by atoms with van der Waals surface area (Å²) in [7, 11) is 1.64. The van der Waals surface area contributed by atoms with Crippen LogP contribution < -0.4 is 4.90 Å². The molecule has 0 saturated carbocycles. The van der Waals surface area contributed by atoms with Crippen LogP contribution in [0.4, 0.5) is 10.2 Å². The number of piperidine rings is 1. The van der Waals surface area contributed by atoms with Crippen LogP contribution in [0.25, 0.3) is 17.2 Å². The smallest absolute Gasteiger partial charge is 0.254 e. The van der Waals surface area contributed by atoms with Gasteiger partial charge in [0.25, 0.3) is 5.78 Å². The summed E-state index contributed by atoms with van der Waals surface area (Å²) < 4.78 is 25.7. The molecule has 10 heteroatoms. The van der Waals surface area contributed by atoms with Gasteiger partial charge in [0.05, 0.1) is 18.2 Å². The second kappa shape index (κ2) is 7.79. The van der Waals surface area contributed by atoms with Crippen LogP contribution in [0.2, 0.25) is 0 Å². The minimum absolute atomic E-state index is 0.0815. The van der Waals surface area contributed by atoms with Crippen LogP contribution in [-0.2, 0) is 11.3 Å². The van der Waals surface area contributed by atoms with E-state index in [0.29, 0.717) is 30.6 Å². The van der Waals surface area contributed by atoms with Crippen molar-refractivity contribution in [1.82, 2.24) is 29.7 Å². The van der Waals surface area contributed by atoms with Gasteiger partial charge in [-0.2, -0.15) is 19.6 Å². The summed E-state index contributed by atoms with van der Waals surface area (Å²) in [5.74, 6) is 2.28. The van der Waals surface area contributed by atoms with E-state index in [4.69, 9.17) is 9.26 Å². The molecule has 0 spiro atoms. The first kappa shape index (κ1) is 18.6. The quantitative estimate of drug-likeness (QED) is 0.497. The van der Waals surface area contributed by atoms with Crippen molar-refractivity contribution in [3.05, 3.63) is 54.1 Å². The third-order valence-electron chi connectivity index (χ3n) is 5.22. The number of halogens is 1. The van der Waals surface area contributed by atoms with Crippen LogP contribution >= 0.6 is 0 Å². The topological polar surface area (TPSA) is 94.5 Å². The zero-order chi connectivity index (χ0) is 20.5. The third-order valence-corrected chi connectivity index (χ3v) is 5.22. The first-order valence-corrected chi connectivity index (χ1v) is 9.74. The van der Waals surface area contributed by atoms with Crippen LogP contribution in [0.15, 0.2) is 41.2 Å². The molecule has 4 aromatic rings. The zero-order valence-corrected chi connectivity index (χ0v) is 16.4. The monoisotopic (exact) mass is 409 g/mol. The SMILES string of the molecule is COCc1cc(N2CCCC(c3nc(-c4ccc(F)cc4)no3)C2)n2ncnc2n1. The lowest BCUT2D eigenvalue weighted by atomic mass is 9.98. The van der Waals surface area contributed by atoms with Gasteiger partial charge >= 0.3 is 0 Å². The third kappa shape index (κ3) is 3.50. The molecular formula is C20H20FN7O2. The number of nitrogens with zero attached hydrogens (tertiary/aromatic N) is 7. The van der Waals surface area contributed by atoms with E-state index >= 15 is 0 Å². The summed E-state index contributed by atoms with van der Waals surface area (Å²) in [6.45, 7) is 1.98. The van der Waals surface area contributed by atoms with Crippen LogP contribution in [0.1, 0.15) is 30.3 Å². The van der Waals surface area contributed by atoms with Gasteiger partial charge in [-0.15, -0.1) is 0 Å². The maximum atomic E-state index is 13.2. The highest BCUT2D eigenvalue weighted by atomic mass is 19.1. The predicted molar refractivity (Wildman–Crippen MR) is 105 cm³/mol. The van der Waals surface area contributed by atoms with Crippen LogP contribution in [0, 0.1) is 5.82 Å². The molecule has 9 nitrogen and oxygen atoms in total. The molecule has 1 atom stereocenters. The normalized spacial score (nSPS) is 17.0. The molecular weight excluding hydrogens is 389 g/mol. The van der Waals surface area contributed by atoms with Gasteiger partial charge in [0.2, 0.25) is 11.7 Å². The first-order valence-electron chi connectivity index (χ1n) is 9.74. The number of hydrogen-bond donors (Lipinski definition) is 0. The van der Waals surface area contributed by atoms with Gasteiger partial charge in [-0.3, -0.25) is 0 Å². The predicted octanol–water partition coefficient (Wildman–Crippen LogP) is 2.84. The van der Waals surface area contributed by atoms with E-state index < -0.39 is 0 Å². The standard InChI is InChI=1S/C20H20FN7O2/c1-29-11-16-9-17(28-20(24-16)22-12-23-28)27-8-2-3-14(10-27)19-25-18(26-30-19)13-4-6-15(21)7-5-13/h4-7,9,12,14H,2-3,8,10-11H2,1H3. The second-order valence-corrected chi connectivity index (χ2v) is 7.26. The van der Waals surface area contributed by atoms with Crippen molar-refractivity contribution in [2.75, 3.05) is 25.1 Å². The van der Waals surface area contributed by atoms with Crippen molar-refractivity contribution in [2.45, 2.75) is 25.4 Å². The van der Waals surface area contributed by atoms with Crippen LogP contribution in [0.3, 0.4) is 0 Å². The second-order valence-electron chi connectivity index (χ2n) is 7.26. The minimum Gasteiger partial charge on any atom is -0.378 e. The molecule has 1 fully saturated rings. The van der Waals surface area contributed by atoms with Crippen LogP contribution in [-0.4, -0.2) is 49.9 Å². The Bertz CT molecular complexity index is 1160.